The fourth-order valence-electron chi connectivity index (χ4n) is 2.26. The van der Waals surface area contributed by atoms with Crippen LogP contribution in [0, 0.1) is 5.92 Å². The number of carbonyl (C=O) groups excluding carboxylic acids is 1. The van der Waals surface area contributed by atoms with Gasteiger partial charge < -0.3 is 5.32 Å². The van der Waals surface area contributed by atoms with E-state index in [2.05, 4.69) is 22.8 Å². The van der Waals surface area contributed by atoms with Crippen molar-refractivity contribution in [2.75, 3.05) is 11.9 Å². The van der Waals surface area contributed by atoms with Gasteiger partial charge in [0.15, 0.2) is 0 Å². The number of nitrogens with one attached hydrogen (secondary N) is 2. The van der Waals surface area contributed by atoms with E-state index in [1.54, 1.807) is 12.1 Å². The van der Waals surface area contributed by atoms with Crippen LogP contribution in [0.5, 0.6) is 0 Å². The lowest BCUT2D eigenvalue weighted by Crippen LogP contribution is -2.28. The second kappa shape index (κ2) is 7.29. The first-order valence-corrected chi connectivity index (χ1v) is 7.37. The highest BCUT2D eigenvalue weighted by molar-refractivity contribution is 6.30. The zero-order chi connectivity index (χ0) is 14.4. The zero-order valence-corrected chi connectivity index (χ0v) is 12.4. The fourth-order valence-corrected chi connectivity index (χ4v) is 2.39. The van der Waals surface area contributed by atoms with Crippen LogP contribution in [0.3, 0.4) is 0 Å². The minimum atomic E-state index is -0.134. The van der Waals surface area contributed by atoms with Crippen molar-refractivity contribution in [3.8, 4) is 0 Å². The lowest BCUT2D eigenvalue weighted by atomic mass is 9.89. The van der Waals surface area contributed by atoms with Crippen molar-refractivity contribution in [3.63, 3.8) is 0 Å². The van der Waals surface area contributed by atoms with Gasteiger partial charge >= 0.3 is 0 Å². The van der Waals surface area contributed by atoms with Gasteiger partial charge in [-0.2, -0.15) is 5.10 Å². The van der Waals surface area contributed by atoms with Crippen LogP contribution in [0.1, 0.15) is 32.6 Å². The van der Waals surface area contributed by atoms with E-state index in [9.17, 15) is 4.79 Å². The molecule has 20 heavy (non-hydrogen) atoms. The number of hydrogen-bond acceptors (Lipinski definition) is 3. The van der Waals surface area contributed by atoms with Gasteiger partial charge in [-0.15, -0.1) is 0 Å². The van der Waals surface area contributed by atoms with Crippen LogP contribution in [0.15, 0.2) is 29.4 Å². The molecule has 1 saturated carbocycles. The molecule has 0 heterocycles. The molecule has 0 bridgehead atoms. The van der Waals surface area contributed by atoms with Gasteiger partial charge in [-0.25, -0.2) is 5.43 Å². The zero-order valence-electron chi connectivity index (χ0n) is 11.7. The highest BCUT2D eigenvalue weighted by atomic mass is 35.5. The highest BCUT2D eigenvalue weighted by Gasteiger charge is 2.15. The Kier molecular flexibility index (Phi) is 5.41. The van der Waals surface area contributed by atoms with E-state index in [1.807, 2.05) is 12.1 Å². The molecule has 1 fully saturated rings. The van der Waals surface area contributed by atoms with Crippen LogP contribution in [0.2, 0.25) is 5.02 Å². The molecule has 5 heteroatoms. The van der Waals surface area contributed by atoms with E-state index in [1.165, 1.54) is 12.8 Å². The molecule has 1 aliphatic carbocycles. The number of benzene rings is 1. The predicted octanol–water partition coefficient (Wildman–Crippen LogP) is 3.43. The molecule has 1 atom stereocenters. The molecule has 1 aromatic rings. The van der Waals surface area contributed by atoms with Crippen molar-refractivity contribution in [1.82, 2.24) is 5.43 Å². The third-order valence-electron chi connectivity index (χ3n) is 3.51. The average molecular weight is 294 g/mol. The molecular weight excluding hydrogens is 274 g/mol. The summed E-state index contributed by atoms with van der Waals surface area (Å²) >= 11 is 5.80. The summed E-state index contributed by atoms with van der Waals surface area (Å²) in [5.74, 6) is 0.346. The summed E-state index contributed by atoms with van der Waals surface area (Å²) in [6.07, 6.45) is 4.58. The van der Waals surface area contributed by atoms with Crippen molar-refractivity contribution >= 4 is 28.9 Å². The number of hydrogen-bond donors (Lipinski definition) is 2. The van der Waals surface area contributed by atoms with E-state index >= 15 is 0 Å². The largest absolute Gasteiger partial charge is 0.376 e. The smallest absolute Gasteiger partial charge is 0.259 e. The standard InChI is InChI=1S/C15H20ClN3O/c1-11-4-2-3-5-14(11)18-19-15(20)10-17-13-8-6-12(16)7-9-13/h6-9,11,17H,2-5,10H2,1H3,(H,19,20)/t11-/m1/s1. The van der Waals surface area contributed by atoms with Crippen LogP contribution >= 0.6 is 11.6 Å². The quantitative estimate of drug-likeness (QED) is 0.836. The van der Waals surface area contributed by atoms with E-state index in [-0.39, 0.29) is 12.5 Å². The summed E-state index contributed by atoms with van der Waals surface area (Å²) in [5.41, 5.74) is 4.60. The SMILES string of the molecule is C[C@@H]1CCCCC1=NNC(=O)CNc1ccc(Cl)cc1. The van der Waals surface area contributed by atoms with E-state index in [0.29, 0.717) is 10.9 Å². The monoisotopic (exact) mass is 293 g/mol. The molecule has 0 spiro atoms. The van der Waals surface area contributed by atoms with Crippen molar-refractivity contribution in [2.45, 2.75) is 32.6 Å². The first kappa shape index (κ1) is 14.9. The van der Waals surface area contributed by atoms with Crippen LogP contribution < -0.4 is 10.7 Å². The third kappa shape index (κ3) is 4.53. The summed E-state index contributed by atoms with van der Waals surface area (Å²) in [6, 6.07) is 7.24. The van der Waals surface area contributed by atoms with Crippen LogP contribution in [0.25, 0.3) is 0 Å². The van der Waals surface area contributed by atoms with Crippen LogP contribution in [0.4, 0.5) is 5.69 Å². The summed E-state index contributed by atoms with van der Waals surface area (Å²) in [5, 5.41) is 7.96. The van der Waals surface area contributed by atoms with Gasteiger partial charge in [0.05, 0.1) is 6.54 Å². The Morgan fingerprint density at radius 3 is 2.80 bits per heavy atom. The molecule has 4 nitrogen and oxygen atoms in total. The summed E-state index contributed by atoms with van der Waals surface area (Å²) in [7, 11) is 0. The Balaban J connectivity index is 1.77. The molecule has 0 radical (unpaired) electrons. The summed E-state index contributed by atoms with van der Waals surface area (Å²) in [4.78, 5) is 11.7. The minimum Gasteiger partial charge on any atom is -0.376 e. The average Bonchev–Trinajstić information content (AvgIpc) is 2.46. The van der Waals surface area contributed by atoms with E-state index < -0.39 is 0 Å². The highest BCUT2D eigenvalue weighted by Crippen LogP contribution is 2.20. The molecular formula is C15H20ClN3O. The number of anilines is 1. The predicted molar refractivity (Wildman–Crippen MR) is 83.2 cm³/mol. The van der Waals surface area contributed by atoms with Crippen molar-refractivity contribution in [2.24, 2.45) is 11.0 Å². The van der Waals surface area contributed by atoms with Crippen molar-refractivity contribution in [3.05, 3.63) is 29.3 Å². The van der Waals surface area contributed by atoms with Crippen molar-refractivity contribution in [1.29, 1.82) is 0 Å². The molecule has 1 aromatic carbocycles. The molecule has 1 aliphatic rings. The molecule has 2 N–H and O–H groups in total. The number of rotatable bonds is 4. The first-order chi connectivity index (χ1) is 9.65. The Bertz CT molecular complexity index is 484. The minimum absolute atomic E-state index is 0.134. The van der Waals surface area contributed by atoms with E-state index in [0.717, 1.165) is 24.2 Å². The number of amides is 1. The van der Waals surface area contributed by atoms with Gasteiger partial charge in [0.2, 0.25) is 0 Å². The lowest BCUT2D eigenvalue weighted by Gasteiger charge is -2.19. The third-order valence-corrected chi connectivity index (χ3v) is 3.76. The fraction of sp³-hybridized carbons (Fsp3) is 0.467. The first-order valence-electron chi connectivity index (χ1n) is 7.00. The van der Waals surface area contributed by atoms with Gasteiger partial charge in [-0.1, -0.05) is 24.9 Å². The molecule has 0 unspecified atom stereocenters. The maximum absolute atomic E-state index is 11.7. The number of nitrogens with zero attached hydrogens (tertiary/aromatic N) is 1. The molecule has 108 valence electrons. The Hall–Kier alpha value is -1.55. The van der Waals surface area contributed by atoms with Crippen LogP contribution in [-0.2, 0) is 4.79 Å². The number of carbonyl (C=O) groups is 1. The molecule has 1 amide bonds. The van der Waals surface area contributed by atoms with Gasteiger partial charge in [0.25, 0.3) is 5.91 Å². The lowest BCUT2D eigenvalue weighted by molar-refractivity contribution is -0.119. The normalized spacial score (nSPS) is 20.7. The maximum atomic E-state index is 11.7. The van der Waals surface area contributed by atoms with Gasteiger partial charge in [0.1, 0.15) is 0 Å². The Morgan fingerprint density at radius 1 is 1.35 bits per heavy atom. The van der Waals surface area contributed by atoms with Crippen molar-refractivity contribution < 1.29 is 4.79 Å². The molecule has 0 aromatic heterocycles. The molecule has 0 aliphatic heterocycles. The molecule has 0 saturated heterocycles. The second-order valence-electron chi connectivity index (χ2n) is 5.15. The van der Waals surface area contributed by atoms with Crippen LogP contribution in [-0.4, -0.2) is 18.2 Å². The van der Waals surface area contributed by atoms with E-state index in [4.69, 9.17) is 11.6 Å². The maximum Gasteiger partial charge on any atom is 0.259 e. The number of hydrazone groups is 1. The Labute approximate surface area is 124 Å². The van der Waals surface area contributed by atoms with Gasteiger partial charge in [-0.3, -0.25) is 4.79 Å². The summed E-state index contributed by atoms with van der Waals surface area (Å²) in [6.45, 7) is 2.36. The Morgan fingerprint density at radius 2 is 2.10 bits per heavy atom. The summed E-state index contributed by atoms with van der Waals surface area (Å²) < 4.78 is 0. The van der Waals surface area contributed by atoms with Gasteiger partial charge in [-0.05, 0) is 49.4 Å². The second-order valence-corrected chi connectivity index (χ2v) is 5.58. The topological polar surface area (TPSA) is 53.5 Å². The van der Waals surface area contributed by atoms with Gasteiger partial charge in [0, 0.05) is 16.4 Å². The molecule has 2 rings (SSSR count). The number of halogens is 1.